The van der Waals surface area contributed by atoms with E-state index < -0.39 is 30.1 Å². The summed E-state index contributed by atoms with van der Waals surface area (Å²) in [5.74, 6) is -1.14. The molecule has 2 aromatic rings. The molecule has 0 saturated carbocycles. The molecule has 0 radical (unpaired) electrons. The molecule has 9 heteroatoms. The van der Waals surface area contributed by atoms with Gasteiger partial charge < -0.3 is 25.2 Å². The third-order valence-electron chi connectivity index (χ3n) is 4.32. The van der Waals surface area contributed by atoms with Crippen molar-refractivity contribution in [1.82, 2.24) is 10.6 Å². The first-order chi connectivity index (χ1) is 14.9. The van der Waals surface area contributed by atoms with E-state index in [1.807, 2.05) is 54.6 Å². The zero-order chi connectivity index (χ0) is 22.6. The van der Waals surface area contributed by atoms with E-state index in [4.69, 9.17) is 9.47 Å². The van der Waals surface area contributed by atoms with Crippen molar-refractivity contribution in [2.45, 2.75) is 31.6 Å². The molecule has 166 valence electrons. The van der Waals surface area contributed by atoms with Crippen LogP contribution >= 0.6 is 15.9 Å². The van der Waals surface area contributed by atoms with Crippen LogP contribution in [0.4, 0.5) is 4.79 Å². The molecule has 2 aromatic carbocycles. The van der Waals surface area contributed by atoms with E-state index in [-0.39, 0.29) is 26.0 Å². The van der Waals surface area contributed by atoms with Crippen molar-refractivity contribution >= 4 is 33.9 Å². The number of carbonyl (C=O) groups excluding carboxylic acids is 3. The third-order valence-corrected chi connectivity index (χ3v) is 5.09. The van der Waals surface area contributed by atoms with Gasteiger partial charge in [0.2, 0.25) is 5.91 Å². The predicted octanol–water partition coefficient (Wildman–Crippen LogP) is 2.33. The minimum Gasteiger partial charge on any atom is -0.467 e. The van der Waals surface area contributed by atoms with Gasteiger partial charge in [-0.1, -0.05) is 64.5 Å². The van der Waals surface area contributed by atoms with E-state index in [0.717, 1.165) is 15.6 Å². The predicted molar refractivity (Wildman–Crippen MR) is 117 cm³/mol. The summed E-state index contributed by atoms with van der Waals surface area (Å²) in [6.07, 6.45) is -1.93. The lowest BCUT2D eigenvalue weighted by Gasteiger charge is -2.18. The summed E-state index contributed by atoms with van der Waals surface area (Å²) < 4.78 is 10.6. The number of ether oxygens (including phenoxy) is 2. The number of alkyl carbamates (subject to hydrolysis) is 1. The molecular formula is C22H25BrN2O6. The summed E-state index contributed by atoms with van der Waals surface area (Å²) in [6, 6.07) is 15.6. The number of halogens is 1. The molecule has 0 aliphatic carbocycles. The molecule has 2 atom stereocenters. The molecular weight excluding hydrogens is 468 g/mol. The van der Waals surface area contributed by atoms with Gasteiger partial charge in [-0.15, -0.1) is 0 Å². The highest BCUT2D eigenvalue weighted by atomic mass is 79.9. The summed E-state index contributed by atoms with van der Waals surface area (Å²) in [5, 5.41) is 15.0. The van der Waals surface area contributed by atoms with Crippen molar-refractivity contribution < 1.29 is 29.0 Å². The number of methoxy groups -OCH3 is 1. The number of rotatable bonds is 10. The third kappa shape index (κ3) is 8.77. The number of aliphatic hydroxyl groups is 1. The molecule has 0 unspecified atom stereocenters. The maximum atomic E-state index is 12.3. The van der Waals surface area contributed by atoms with Crippen molar-refractivity contribution in [1.29, 1.82) is 0 Å². The summed E-state index contributed by atoms with van der Waals surface area (Å²) >= 11 is 3.41. The smallest absolute Gasteiger partial charge is 0.407 e. The van der Waals surface area contributed by atoms with Crippen molar-refractivity contribution in [2.75, 3.05) is 13.7 Å². The number of aliphatic hydroxyl groups excluding tert-OH is 1. The van der Waals surface area contributed by atoms with E-state index in [9.17, 15) is 19.5 Å². The average molecular weight is 493 g/mol. The van der Waals surface area contributed by atoms with Crippen LogP contribution in [0.1, 0.15) is 17.5 Å². The topological polar surface area (TPSA) is 114 Å². The Hall–Kier alpha value is -2.91. The van der Waals surface area contributed by atoms with Gasteiger partial charge in [-0.05, 0) is 17.2 Å². The Morgan fingerprint density at radius 3 is 2.42 bits per heavy atom. The molecule has 0 aromatic heterocycles. The molecule has 2 amide bonds. The van der Waals surface area contributed by atoms with Gasteiger partial charge in [0, 0.05) is 17.4 Å². The fourth-order valence-corrected chi connectivity index (χ4v) is 3.18. The summed E-state index contributed by atoms with van der Waals surface area (Å²) in [4.78, 5) is 36.1. The highest BCUT2D eigenvalue weighted by molar-refractivity contribution is 9.10. The maximum absolute atomic E-state index is 12.3. The van der Waals surface area contributed by atoms with Crippen LogP contribution in [-0.2, 0) is 32.1 Å². The lowest BCUT2D eigenvalue weighted by Crippen LogP contribution is -2.45. The fourth-order valence-electron chi connectivity index (χ4n) is 2.73. The van der Waals surface area contributed by atoms with Crippen LogP contribution in [0, 0.1) is 0 Å². The summed E-state index contributed by atoms with van der Waals surface area (Å²) in [6.45, 7) is -0.0761. The van der Waals surface area contributed by atoms with Crippen molar-refractivity contribution in [3.05, 3.63) is 70.2 Å². The van der Waals surface area contributed by atoms with E-state index in [1.54, 1.807) is 0 Å². The first kappa shape index (κ1) is 24.4. The molecule has 0 bridgehead atoms. The lowest BCUT2D eigenvalue weighted by molar-refractivity contribution is -0.145. The second kappa shape index (κ2) is 12.7. The number of hydrogen-bond donors (Lipinski definition) is 3. The van der Waals surface area contributed by atoms with Gasteiger partial charge in [0.25, 0.3) is 0 Å². The SMILES string of the molecule is COC(=O)[C@H](Cc1ccccc1Br)NC(=O)C[C@@H](O)CNC(=O)OCc1ccccc1. The number of amides is 2. The number of nitrogens with one attached hydrogen (secondary N) is 2. The van der Waals surface area contributed by atoms with Crippen molar-refractivity contribution in [3.63, 3.8) is 0 Å². The number of carbonyl (C=O) groups is 3. The Morgan fingerprint density at radius 1 is 1.06 bits per heavy atom. The minimum absolute atomic E-state index is 0.0963. The van der Waals surface area contributed by atoms with Crippen LogP contribution in [0.5, 0.6) is 0 Å². The largest absolute Gasteiger partial charge is 0.467 e. The molecule has 0 saturated heterocycles. The molecule has 0 spiro atoms. The number of hydrogen-bond acceptors (Lipinski definition) is 6. The number of benzene rings is 2. The van der Waals surface area contributed by atoms with Gasteiger partial charge in [-0.2, -0.15) is 0 Å². The van der Waals surface area contributed by atoms with Crippen LogP contribution in [0.25, 0.3) is 0 Å². The molecule has 0 heterocycles. The van der Waals surface area contributed by atoms with Gasteiger partial charge in [-0.3, -0.25) is 4.79 Å². The highest BCUT2D eigenvalue weighted by Gasteiger charge is 2.24. The van der Waals surface area contributed by atoms with Crippen LogP contribution in [0.15, 0.2) is 59.1 Å². The highest BCUT2D eigenvalue weighted by Crippen LogP contribution is 2.18. The monoisotopic (exact) mass is 492 g/mol. The van der Waals surface area contributed by atoms with Crippen LogP contribution in [0.3, 0.4) is 0 Å². The summed E-state index contributed by atoms with van der Waals surface area (Å²) in [7, 11) is 1.24. The molecule has 0 aliphatic heterocycles. The van der Waals surface area contributed by atoms with Crippen LogP contribution < -0.4 is 10.6 Å². The average Bonchev–Trinajstić information content (AvgIpc) is 2.77. The normalized spacial score (nSPS) is 12.4. The Kier molecular flexibility index (Phi) is 9.99. The quantitative estimate of drug-likeness (QED) is 0.438. The van der Waals surface area contributed by atoms with Crippen LogP contribution in [0.2, 0.25) is 0 Å². The van der Waals surface area contributed by atoms with Gasteiger partial charge in [0.05, 0.1) is 19.6 Å². The first-order valence-electron chi connectivity index (χ1n) is 9.62. The van der Waals surface area contributed by atoms with E-state index in [0.29, 0.717) is 0 Å². The lowest BCUT2D eigenvalue weighted by atomic mass is 10.1. The number of esters is 1. The molecule has 0 aliphatic rings. The van der Waals surface area contributed by atoms with Crippen molar-refractivity contribution in [2.24, 2.45) is 0 Å². The standard InChI is InChI=1S/C22H25BrN2O6/c1-30-21(28)19(11-16-9-5-6-10-18(16)23)25-20(27)12-17(26)13-24-22(29)31-14-15-7-3-2-4-8-15/h2-10,17,19,26H,11-14H2,1H3,(H,24,29)(H,25,27)/t17-,19+/m1/s1. The van der Waals surface area contributed by atoms with E-state index >= 15 is 0 Å². The van der Waals surface area contributed by atoms with Gasteiger partial charge >= 0.3 is 12.1 Å². The molecule has 3 N–H and O–H groups in total. The Balaban J connectivity index is 1.78. The maximum Gasteiger partial charge on any atom is 0.407 e. The minimum atomic E-state index is -1.15. The first-order valence-corrected chi connectivity index (χ1v) is 10.4. The zero-order valence-corrected chi connectivity index (χ0v) is 18.6. The van der Waals surface area contributed by atoms with E-state index in [1.165, 1.54) is 7.11 Å². The van der Waals surface area contributed by atoms with Gasteiger partial charge in [0.15, 0.2) is 0 Å². The molecule has 0 fully saturated rings. The Labute approximate surface area is 189 Å². The molecule has 2 rings (SSSR count). The van der Waals surface area contributed by atoms with E-state index in [2.05, 4.69) is 26.6 Å². The zero-order valence-electron chi connectivity index (χ0n) is 17.0. The van der Waals surface area contributed by atoms with Crippen LogP contribution in [-0.4, -0.2) is 48.9 Å². The fraction of sp³-hybridized carbons (Fsp3) is 0.318. The second-order valence-electron chi connectivity index (χ2n) is 6.74. The summed E-state index contributed by atoms with van der Waals surface area (Å²) in [5.41, 5.74) is 1.65. The Morgan fingerprint density at radius 2 is 1.74 bits per heavy atom. The molecule has 8 nitrogen and oxygen atoms in total. The second-order valence-corrected chi connectivity index (χ2v) is 7.59. The Bertz CT molecular complexity index is 877. The van der Waals surface area contributed by atoms with Crippen molar-refractivity contribution in [3.8, 4) is 0 Å². The van der Waals surface area contributed by atoms with Gasteiger partial charge in [-0.25, -0.2) is 9.59 Å². The van der Waals surface area contributed by atoms with Gasteiger partial charge in [0.1, 0.15) is 12.6 Å². The molecule has 31 heavy (non-hydrogen) atoms.